The molecule has 0 unspecified atom stereocenters. The van der Waals surface area contributed by atoms with E-state index in [1.54, 1.807) is 0 Å². The molecular weight excluding hydrogens is 354 g/mol. The molecule has 0 atom stereocenters. The highest BCUT2D eigenvalue weighted by molar-refractivity contribution is 8.93. The first-order chi connectivity index (χ1) is 7.88. The smallest absolute Gasteiger partial charge is 0.0991 e. The molecule has 0 heterocycles. The van der Waals surface area contributed by atoms with Crippen LogP contribution in [0.3, 0.4) is 0 Å². The fourth-order valence-corrected chi connectivity index (χ4v) is 1.43. The Hall–Kier alpha value is -1.37. The molecule has 0 aromatic heterocycles. The summed E-state index contributed by atoms with van der Waals surface area (Å²) in [5, 5.41) is 8.67. The van der Waals surface area contributed by atoms with Gasteiger partial charge in [0.05, 0.1) is 11.6 Å². The second-order valence-corrected chi connectivity index (χ2v) is 3.48. The number of halogens is 2. The maximum absolute atomic E-state index is 8.67. The first kappa shape index (κ1) is 16.6. The van der Waals surface area contributed by atoms with Gasteiger partial charge in [-0.3, -0.25) is 0 Å². The van der Waals surface area contributed by atoms with Crippen LogP contribution in [0.25, 0.3) is 12.2 Å². The Labute approximate surface area is 128 Å². The Balaban J connectivity index is 0.00000144. The average Bonchev–Trinajstić information content (AvgIpc) is 2.38. The average molecular weight is 367 g/mol. The second kappa shape index (κ2) is 8.68. The van der Waals surface area contributed by atoms with E-state index < -0.39 is 0 Å². The Kier molecular flexibility index (Phi) is 8.02. The Morgan fingerprint density at radius 1 is 0.722 bits per heavy atom. The number of nitriles is 1. The van der Waals surface area contributed by atoms with E-state index in [1.165, 1.54) is 5.56 Å². The summed E-state index contributed by atoms with van der Waals surface area (Å²) in [5.41, 5.74) is 2.96. The summed E-state index contributed by atoms with van der Waals surface area (Å²) in [6, 6.07) is 19.8. The van der Waals surface area contributed by atoms with Crippen molar-refractivity contribution in [3.8, 4) is 6.07 Å². The summed E-state index contributed by atoms with van der Waals surface area (Å²) < 4.78 is 0. The quantitative estimate of drug-likeness (QED) is 0.694. The minimum Gasteiger partial charge on any atom is -0.192 e. The molecule has 0 N–H and O–H groups in total. The topological polar surface area (TPSA) is 23.8 Å². The molecule has 18 heavy (non-hydrogen) atoms. The van der Waals surface area contributed by atoms with Gasteiger partial charge < -0.3 is 0 Å². The molecule has 0 fully saturated rings. The molecule has 1 nitrogen and oxygen atoms in total. The van der Waals surface area contributed by atoms with Gasteiger partial charge in [0.15, 0.2) is 0 Å². The fourth-order valence-electron chi connectivity index (χ4n) is 1.43. The molecule has 0 aliphatic rings. The summed E-state index contributed by atoms with van der Waals surface area (Å²) in [5.74, 6) is 0. The minimum atomic E-state index is 0. The highest BCUT2D eigenvalue weighted by Gasteiger charge is 1.89. The maximum atomic E-state index is 8.67. The van der Waals surface area contributed by atoms with Crippen LogP contribution in [0.4, 0.5) is 0 Å². The van der Waals surface area contributed by atoms with Crippen molar-refractivity contribution in [3.63, 3.8) is 0 Å². The van der Waals surface area contributed by atoms with Gasteiger partial charge in [-0.05, 0) is 23.3 Å². The van der Waals surface area contributed by atoms with Crippen LogP contribution >= 0.6 is 34.0 Å². The number of hydrogen-bond donors (Lipinski definition) is 0. The minimum absolute atomic E-state index is 0. The lowest BCUT2D eigenvalue weighted by atomic mass is 10.1. The van der Waals surface area contributed by atoms with Crippen LogP contribution < -0.4 is 0 Å². The first-order valence-corrected chi connectivity index (χ1v) is 5.12. The third-order valence-electron chi connectivity index (χ3n) is 2.31. The van der Waals surface area contributed by atoms with Crippen LogP contribution in [0.5, 0.6) is 0 Å². The van der Waals surface area contributed by atoms with E-state index in [4.69, 9.17) is 5.26 Å². The standard InChI is InChI=1S/C15H11N.2BrH/c16-12-15-10-8-14(9-11-15)7-6-13-4-2-1-3-5-13;;/h1-11H;2*1H. The summed E-state index contributed by atoms with van der Waals surface area (Å²) in [6.45, 7) is 0. The molecule has 2 rings (SSSR count). The highest BCUT2D eigenvalue weighted by atomic mass is 79.9. The van der Waals surface area contributed by atoms with Crippen LogP contribution in [0.2, 0.25) is 0 Å². The van der Waals surface area contributed by atoms with Crippen molar-refractivity contribution < 1.29 is 0 Å². The van der Waals surface area contributed by atoms with Crippen molar-refractivity contribution in [2.45, 2.75) is 0 Å². The predicted molar refractivity (Wildman–Crippen MR) is 87.2 cm³/mol. The van der Waals surface area contributed by atoms with Crippen molar-refractivity contribution in [3.05, 3.63) is 71.3 Å². The van der Waals surface area contributed by atoms with Gasteiger partial charge in [-0.1, -0.05) is 54.6 Å². The van der Waals surface area contributed by atoms with Crippen molar-refractivity contribution in [2.24, 2.45) is 0 Å². The molecular formula is C15H13Br2N. The number of benzene rings is 2. The van der Waals surface area contributed by atoms with Crippen molar-refractivity contribution >= 4 is 46.1 Å². The molecule has 0 bridgehead atoms. The molecule has 2 aromatic carbocycles. The molecule has 0 saturated carbocycles. The highest BCUT2D eigenvalue weighted by Crippen LogP contribution is 2.09. The van der Waals surface area contributed by atoms with Gasteiger partial charge in [-0.2, -0.15) is 5.26 Å². The maximum Gasteiger partial charge on any atom is 0.0991 e. The van der Waals surface area contributed by atoms with E-state index >= 15 is 0 Å². The predicted octanol–water partition coefficient (Wildman–Crippen LogP) is 4.88. The third kappa shape index (κ3) is 4.87. The van der Waals surface area contributed by atoms with E-state index in [-0.39, 0.29) is 34.0 Å². The van der Waals surface area contributed by atoms with Gasteiger partial charge in [0.2, 0.25) is 0 Å². The lowest BCUT2D eigenvalue weighted by molar-refractivity contribution is 1.48. The summed E-state index contributed by atoms with van der Waals surface area (Å²) >= 11 is 0. The second-order valence-electron chi connectivity index (χ2n) is 3.48. The first-order valence-electron chi connectivity index (χ1n) is 5.12. The van der Waals surface area contributed by atoms with Crippen molar-refractivity contribution in [1.29, 1.82) is 5.26 Å². The van der Waals surface area contributed by atoms with E-state index in [0.29, 0.717) is 5.56 Å². The zero-order chi connectivity index (χ0) is 11.2. The number of hydrogen-bond acceptors (Lipinski definition) is 1. The SMILES string of the molecule is Br.Br.N#Cc1ccc(C=Cc2ccccc2)cc1. The molecule has 3 heteroatoms. The number of rotatable bonds is 2. The van der Waals surface area contributed by atoms with Crippen LogP contribution in [0.1, 0.15) is 16.7 Å². The number of nitrogens with zero attached hydrogens (tertiary/aromatic N) is 1. The molecule has 0 radical (unpaired) electrons. The van der Waals surface area contributed by atoms with E-state index in [2.05, 4.69) is 24.3 Å². The fraction of sp³-hybridized carbons (Fsp3) is 0. The molecule has 92 valence electrons. The Morgan fingerprint density at radius 2 is 1.22 bits per heavy atom. The molecule has 2 aromatic rings. The largest absolute Gasteiger partial charge is 0.192 e. The summed E-state index contributed by atoms with van der Waals surface area (Å²) in [6.07, 6.45) is 4.10. The van der Waals surface area contributed by atoms with Gasteiger partial charge in [-0.15, -0.1) is 34.0 Å². The van der Waals surface area contributed by atoms with Crippen molar-refractivity contribution in [2.75, 3.05) is 0 Å². The molecule has 0 saturated heterocycles. The van der Waals surface area contributed by atoms with Crippen LogP contribution in [-0.4, -0.2) is 0 Å². The van der Waals surface area contributed by atoms with Crippen molar-refractivity contribution in [1.82, 2.24) is 0 Å². The molecule has 0 aliphatic heterocycles. The third-order valence-corrected chi connectivity index (χ3v) is 2.31. The lowest BCUT2D eigenvalue weighted by Gasteiger charge is -1.94. The molecule has 0 amide bonds. The van der Waals surface area contributed by atoms with Gasteiger partial charge in [-0.25, -0.2) is 0 Å². The van der Waals surface area contributed by atoms with Crippen LogP contribution in [0.15, 0.2) is 54.6 Å². The normalized spacial score (nSPS) is 9.06. The molecule has 0 aliphatic carbocycles. The van der Waals surface area contributed by atoms with Gasteiger partial charge in [0, 0.05) is 0 Å². The van der Waals surface area contributed by atoms with Gasteiger partial charge >= 0.3 is 0 Å². The van der Waals surface area contributed by atoms with Crippen LogP contribution in [0, 0.1) is 11.3 Å². The summed E-state index contributed by atoms with van der Waals surface area (Å²) in [7, 11) is 0. The zero-order valence-electron chi connectivity index (χ0n) is 9.61. The van der Waals surface area contributed by atoms with E-state index in [0.717, 1.165) is 5.56 Å². The van der Waals surface area contributed by atoms with Gasteiger partial charge in [0.1, 0.15) is 0 Å². The molecule has 0 spiro atoms. The lowest BCUT2D eigenvalue weighted by Crippen LogP contribution is -1.75. The Bertz CT molecular complexity index is 525. The monoisotopic (exact) mass is 365 g/mol. The summed E-state index contributed by atoms with van der Waals surface area (Å²) in [4.78, 5) is 0. The van der Waals surface area contributed by atoms with E-state index in [9.17, 15) is 0 Å². The van der Waals surface area contributed by atoms with E-state index in [1.807, 2.05) is 48.5 Å². The Morgan fingerprint density at radius 3 is 1.72 bits per heavy atom. The van der Waals surface area contributed by atoms with Gasteiger partial charge in [0.25, 0.3) is 0 Å². The van der Waals surface area contributed by atoms with Crippen LogP contribution in [-0.2, 0) is 0 Å². The zero-order valence-corrected chi connectivity index (χ0v) is 13.0.